The van der Waals surface area contributed by atoms with Gasteiger partial charge in [0, 0.05) is 0 Å². The molecule has 0 fully saturated rings. The Balaban J connectivity index is 3.05. The summed E-state index contributed by atoms with van der Waals surface area (Å²) in [6.07, 6.45) is 1.76. The molecule has 0 saturated carbocycles. The third-order valence-electron chi connectivity index (χ3n) is 3.47. The van der Waals surface area contributed by atoms with E-state index in [4.69, 9.17) is 0 Å². The number of rotatable bonds is 8. The molecule has 0 amide bonds. The number of ether oxygens (including phenoxy) is 1. The molecule has 0 spiro atoms. The topological polar surface area (TPSA) is 66.8 Å². The van der Waals surface area contributed by atoms with Gasteiger partial charge in [-0.05, 0) is 31.0 Å². The number of hydrogen-bond donors (Lipinski definition) is 2. The Hall–Kier alpha value is -1.69. The van der Waals surface area contributed by atoms with E-state index in [1.165, 1.54) is 31.2 Å². The minimum Gasteiger partial charge on any atom is -0.481 e. The van der Waals surface area contributed by atoms with E-state index in [2.05, 4.69) is 4.74 Å². The van der Waals surface area contributed by atoms with Gasteiger partial charge in [-0.3, -0.25) is 4.79 Å². The summed E-state index contributed by atoms with van der Waals surface area (Å²) in [6, 6.07) is 5.52. The van der Waals surface area contributed by atoms with Crippen LogP contribution in [-0.4, -0.2) is 22.8 Å². The molecule has 0 aliphatic heterocycles. The van der Waals surface area contributed by atoms with Crippen LogP contribution in [0.15, 0.2) is 24.3 Å². The Kier molecular flexibility index (Phi) is 6.08. The maximum atomic E-state index is 12.2. The van der Waals surface area contributed by atoms with Gasteiger partial charge in [-0.2, -0.15) is 8.78 Å². The zero-order valence-electron chi connectivity index (χ0n) is 12.1. The van der Waals surface area contributed by atoms with Gasteiger partial charge >= 0.3 is 12.6 Å². The second-order valence-electron chi connectivity index (χ2n) is 5.09. The largest absolute Gasteiger partial charge is 0.481 e. The van der Waals surface area contributed by atoms with Crippen molar-refractivity contribution in [3.8, 4) is 5.75 Å². The van der Waals surface area contributed by atoms with Crippen LogP contribution < -0.4 is 4.74 Å². The van der Waals surface area contributed by atoms with Gasteiger partial charge in [0.2, 0.25) is 0 Å². The smallest absolute Gasteiger partial charge is 0.387 e. The SMILES string of the molecule is CCCCC(C(=O)O)C(C)(O)c1cccc(OC(F)F)c1. The summed E-state index contributed by atoms with van der Waals surface area (Å²) in [4.78, 5) is 11.4. The molecule has 0 aliphatic carbocycles. The number of alkyl halides is 2. The highest BCUT2D eigenvalue weighted by atomic mass is 19.3. The number of benzene rings is 1. The normalized spacial score (nSPS) is 15.5. The number of carbonyl (C=O) groups is 1. The summed E-state index contributed by atoms with van der Waals surface area (Å²) in [5, 5.41) is 19.9. The van der Waals surface area contributed by atoms with Crippen LogP contribution in [0.25, 0.3) is 0 Å². The lowest BCUT2D eigenvalue weighted by Crippen LogP contribution is -2.37. The van der Waals surface area contributed by atoms with Crippen LogP contribution in [-0.2, 0) is 10.4 Å². The van der Waals surface area contributed by atoms with Gasteiger partial charge in [0.15, 0.2) is 0 Å². The van der Waals surface area contributed by atoms with Crippen molar-refractivity contribution in [2.24, 2.45) is 5.92 Å². The molecule has 1 rings (SSSR count). The summed E-state index contributed by atoms with van der Waals surface area (Å²) in [7, 11) is 0. The highest BCUT2D eigenvalue weighted by molar-refractivity contribution is 5.72. The molecule has 0 aromatic heterocycles. The molecule has 1 aromatic rings. The van der Waals surface area contributed by atoms with Crippen LogP contribution >= 0.6 is 0 Å². The van der Waals surface area contributed by atoms with Crippen molar-refractivity contribution < 1.29 is 28.5 Å². The quantitative estimate of drug-likeness (QED) is 0.772. The molecule has 1 aromatic carbocycles. The summed E-state index contributed by atoms with van der Waals surface area (Å²) >= 11 is 0. The van der Waals surface area contributed by atoms with E-state index in [-0.39, 0.29) is 11.3 Å². The fourth-order valence-electron chi connectivity index (χ4n) is 2.24. The van der Waals surface area contributed by atoms with Gasteiger partial charge in [0.1, 0.15) is 11.4 Å². The number of aliphatic hydroxyl groups is 1. The fraction of sp³-hybridized carbons (Fsp3) is 0.533. The number of halogens is 2. The Bertz CT molecular complexity index is 474. The van der Waals surface area contributed by atoms with Gasteiger partial charge in [-0.25, -0.2) is 0 Å². The zero-order valence-corrected chi connectivity index (χ0v) is 12.1. The number of aliphatic carboxylic acids is 1. The second kappa shape index (κ2) is 7.36. The molecule has 2 unspecified atom stereocenters. The van der Waals surface area contributed by atoms with Crippen molar-refractivity contribution in [2.75, 3.05) is 0 Å². The predicted octanol–water partition coefficient (Wildman–Crippen LogP) is 3.39. The summed E-state index contributed by atoms with van der Waals surface area (Å²) in [5.74, 6) is -2.24. The van der Waals surface area contributed by atoms with Gasteiger partial charge < -0.3 is 14.9 Å². The first-order valence-electron chi connectivity index (χ1n) is 6.79. The standard InChI is InChI=1S/C15H20F2O4/c1-3-4-8-12(13(18)19)15(2,20)10-6-5-7-11(9-10)21-14(16)17/h5-7,9,12,14,20H,3-4,8H2,1-2H3,(H,18,19). The maximum absolute atomic E-state index is 12.2. The molecule has 0 bridgehead atoms. The lowest BCUT2D eigenvalue weighted by atomic mass is 9.80. The lowest BCUT2D eigenvalue weighted by Gasteiger charge is -2.31. The minimum absolute atomic E-state index is 0.109. The van der Waals surface area contributed by atoms with Crippen molar-refractivity contribution in [1.82, 2.24) is 0 Å². The molecule has 0 aliphatic rings. The Labute approximate surface area is 122 Å². The van der Waals surface area contributed by atoms with Crippen molar-refractivity contribution in [2.45, 2.75) is 45.3 Å². The average Bonchev–Trinajstić information content (AvgIpc) is 2.38. The Morgan fingerprint density at radius 1 is 1.43 bits per heavy atom. The van der Waals surface area contributed by atoms with E-state index in [0.717, 1.165) is 6.42 Å². The van der Waals surface area contributed by atoms with E-state index in [9.17, 15) is 23.8 Å². The van der Waals surface area contributed by atoms with E-state index in [1.807, 2.05) is 6.92 Å². The fourth-order valence-corrected chi connectivity index (χ4v) is 2.24. The molecule has 0 radical (unpaired) electrons. The van der Waals surface area contributed by atoms with Crippen molar-refractivity contribution >= 4 is 5.97 Å². The molecule has 118 valence electrons. The average molecular weight is 302 g/mol. The molecule has 0 heterocycles. The van der Waals surface area contributed by atoms with Crippen LogP contribution in [0.5, 0.6) is 5.75 Å². The maximum Gasteiger partial charge on any atom is 0.387 e. The van der Waals surface area contributed by atoms with Crippen molar-refractivity contribution in [3.63, 3.8) is 0 Å². The first-order chi connectivity index (χ1) is 9.78. The Morgan fingerprint density at radius 2 is 2.10 bits per heavy atom. The van der Waals surface area contributed by atoms with Gasteiger partial charge in [-0.1, -0.05) is 31.9 Å². The zero-order chi connectivity index (χ0) is 16.0. The molecule has 21 heavy (non-hydrogen) atoms. The second-order valence-corrected chi connectivity index (χ2v) is 5.09. The number of carboxylic acids is 1. The Morgan fingerprint density at radius 3 is 2.62 bits per heavy atom. The van der Waals surface area contributed by atoms with E-state index < -0.39 is 24.1 Å². The first-order valence-corrected chi connectivity index (χ1v) is 6.79. The molecule has 2 N–H and O–H groups in total. The first kappa shape index (κ1) is 17.4. The minimum atomic E-state index is -2.97. The summed E-state index contributed by atoms with van der Waals surface area (Å²) in [5.41, 5.74) is -1.42. The van der Waals surface area contributed by atoms with Crippen LogP contribution in [0, 0.1) is 5.92 Å². The number of unbranched alkanes of at least 4 members (excludes halogenated alkanes) is 1. The van der Waals surface area contributed by atoms with Crippen LogP contribution in [0.4, 0.5) is 8.78 Å². The van der Waals surface area contributed by atoms with Crippen LogP contribution in [0.2, 0.25) is 0 Å². The van der Waals surface area contributed by atoms with Crippen molar-refractivity contribution in [3.05, 3.63) is 29.8 Å². The molecule has 0 saturated heterocycles. The van der Waals surface area contributed by atoms with Gasteiger partial charge in [0.05, 0.1) is 5.92 Å². The van der Waals surface area contributed by atoms with Gasteiger partial charge in [-0.15, -0.1) is 0 Å². The number of carboxylic acid groups (broad SMARTS) is 1. The third-order valence-corrected chi connectivity index (χ3v) is 3.47. The molecule has 6 heteroatoms. The van der Waals surface area contributed by atoms with Crippen LogP contribution in [0.3, 0.4) is 0 Å². The highest BCUT2D eigenvalue weighted by Crippen LogP contribution is 2.34. The molecule has 4 nitrogen and oxygen atoms in total. The van der Waals surface area contributed by atoms with Crippen molar-refractivity contribution in [1.29, 1.82) is 0 Å². The summed E-state index contributed by atoms with van der Waals surface area (Å²) < 4.78 is 28.7. The van der Waals surface area contributed by atoms with E-state index in [1.54, 1.807) is 0 Å². The van der Waals surface area contributed by atoms with Crippen LogP contribution in [0.1, 0.15) is 38.7 Å². The van der Waals surface area contributed by atoms with E-state index in [0.29, 0.717) is 12.8 Å². The highest BCUT2D eigenvalue weighted by Gasteiger charge is 2.38. The monoisotopic (exact) mass is 302 g/mol. The lowest BCUT2D eigenvalue weighted by molar-refractivity contribution is -0.152. The summed E-state index contributed by atoms with van der Waals surface area (Å²) in [6.45, 7) is 0.328. The molecular weight excluding hydrogens is 282 g/mol. The predicted molar refractivity (Wildman–Crippen MR) is 73.3 cm³/mol. The van der Waals surface area contributed by atoms with Gasteiger partial charge in [0.25, 0.3) is 0 Å². The molecular formula is C15H20F2O4. The number of hydrogen-bond acceptors (Lipinski definition) is 3. The van der Waals surface area contributed by atoms with E-state index >= 15 is 0 Å². The third kappa shape index (κ3) is 4.67. The molecule has 2 atom stereocenters.